The quantitative estimate of drug-likeness (QED) is 0.313. The van der Waals surface area contributed by atoms with Gasteiger partial charge in [0.05, 0.1) is 12.7 Å². The van der Waals surface area contributed by atoms with Gasteiger partial charge in [0, 0.05) is 34.7 Å². The largest absolute Gasteiger partial charge is 0.473 e. The number of carboxylic acid groups (broad SMARTS) is 2. The molecule has 160 valence electrons. The molecule has 0 radical (unpaired) electrons. The maximum Gasteiger partial charge on any atom is 0.414 e. The van der Waals surface area contributed by atoms with Crippen LogP contribution in [0.2, 0.25) is 5.02 Å². The van der Waals surface area contributed by atoms with Gasteiger partial charge in [-0.3, -0.25) is 0 Å². The fourth-order valence-corrected chi connectivity index (χ4v) is 3.08. The van der Waals surface area contributed by atoms with Gasteiger partial charge in [0.2, 0.25) is 0 Å². The first-order valence-corrected chi connectivity index (χ1v) is 9.48. The van der Waals surface area contributed by atoms with E-state index in [0.717, 1.165) is 22.0 Å². The molecule has 0 spiro atoms. The lowest BCUT2D eigenvalue weighted by Crippen LogP contribution is -2.37. The fourth-order valence-electron chi connectivity index (χ4n) is 2.88. The van der Waals surface area contributed by atoms with Gasteiger partial charge < -0.3 is 30.7 Å². The van der Waals surface area contributed by atoms with Crippen molar-refractivity contribution in [2.24, 2.45) is 0 Å². The third-order valence-corrected chi connectivity index (χ3v) is 4.61. The van der Waals surface area contributed by atoms with Crippen molar-refractivity contribution in [1.82, 2.24) is 10.3 Å². The number of hydrogen-bond donors (Lipinski definition) is 6. The molecule has 0 amide bonds. The van der Waals surface area contributed by atoms with Crippen molar-refractivity contribution in [3.63, 3.8) is 0 Å². The summed E-state index contributed by atoms with van der Waals surface area (Å²) in [6.45, 7) is 0.357. The van der Waals surface area contributed by atoms with E-state index in [1.54, 1.807) is 12.1 Å². The molecule has 0 aliphatic heterocycles. The number of aliphatic hydroxyl groups excluding tert-OH is 2. The van der Waals surface area contributed by atoms with Crippen molar-refractivity contribution in [2.75, 3.05) is 13.2 Å². The van der Waals surface area contributed by atoms with Crippen LogP contribution in [-0.2, 0) is 16.0 Å². The number of nitrogens with one attached hydrogen (secondary N) is 2. The van der Waals surface area contributed by atoms with Crippen LogP contribution < -0.4 is 5.32 Å². The van der Waals surface area contributed by atoms with Crippen LogP contribution >= 0.6 is 11.6 Å². The molecule has 0 aliphatic rings. The Labute approximate surface area is 177 Å². The lowest BCUT2D eigenvalue weighted by molar-refractivity contribution is -0.159. The Bertz CT molecular complexity index is 978. The summed E-state index contributed by atoms with van der Waals surface area (Å²) in [5.74, 6) is -3.65. The van der Waals surface area contributed by atoms with E-state index in [9.17, 15) is 10.2 Å². The number of para-hydroxylation sites is 1. The molecule has 0 bridgehead atoms. The number of benzene rings is 2. The van der Waals surface area contributed by atoms with Crippen molar-refractivity contribution < 1.29 is 30.0 Å². The maximum atomic E-state index is 10.3. The minimum atomic E-state index is -1.82. The van der Waals surface area contributed by atoms with E-state index in [2.05, 4.69) is 16.4 Å². The Kier molecular flexibility index (Phi) is 8.82. The van der Waals surface area contributed by atoms with Gasteiger partial charge in [-0.25, -0.2) is 9.59 Å². The summed E-state index contributed by atoms with van der Waals surface area (Å²) in [4.78, 5) is 21.4. The Morgan fingerprint density at radius 1 is 1.07 bits per heavy atom. The second-order valence-corrected chi connectivity index (χ2v) is 6.97. The minimum Gasteiger partial charge on any atom is -0.473 e. The van der Waals surface area contributed by atoms with Gasteiger partial charge in [0.15, 0.2) is 0 Å². The van der Waals surface area contributed by atoms with Crippen molar-refractivity contribution in [1.29, 1.82) is 0 Å². The molecule has 8 nitrogen and oxygen atoms in total. The summed E-state index contributed by atoms with van der Waals surface area (Å²) in [6.07, 6.45) is 1.99. The van der Waals surface area contributed by atoms with E-state index in [-0.39, 0.29) is 12.6 Å². The van der Waals surface area contributed by atoms with Gasteiger partial charge in [0.25, 0.3) is 0 Å². The molecule has 3 rings (SSSR count). The van der Waals surface area contributed by atoms with Gasteiger partial charge >= 0.3 is 11.9 Å². The smallest absolute Gasteiger partial charge is 0.414 e. The van der Waals surface area contributed by atoms with Crippen molar-refractivity contribution in [3.05, 3.63) is 70.9 Å². The Balaban J connectivity index is 0.000000469. The summed E-state index contributed by atoms with van der Waals surface area (Å²) in [7, 11) is 0. The monoisotopic (exact) mass is 434 g/mol. The Morgan fingerprint density at radius 2 is 1.77 bits per heavy atom. The highest BCUT2D eigenvalue weighted by molar-refractivity contribution is 6.30. The standard InChI is InChI=1S/C19H21ClN2O2.C2H2O4/c20-15-5-3-4-13(8-15)19(24)11-21-16(12-23)9-14-10-22-18-7-2-1-6-17(14)18;3-1(4)2(5)6/h1-8,10,16,19,21-24H,9,11-12H2;(H,3,4)(H,5,6)/t16-,19?;/m0./s1. The molecule has 30 heavy (non-hydrogen) atoms. The van der Waals surface area contributed by atoms with E-state index >= 15 is 0 Å². The first-order chi connectivity index (χ1) is 14.3. The molecule has 0 saturated heterocycles. The van der Waals surface area contributed by atoms with Crippen molar-refractivity contribution >= 4 is 34.4 Å². The number of H-pyrrole nitrogens is 1. The summed E-state index contributed by atoms with van der Waals surface area (Å²) in [6, 6.07) is 15.1. The zero-order valence-corrected chi connectivity index (χ0v) is 16.7. The Hall–Kier alpha value is -2.91. The first-order valence-electron chi connectivity index (χ1n) is 9.10. The number of carboxylic acids is 2. The SMILES string of the molecule is O=C(O)C(=O)O.OC[C@H](Cc1c[nH]c2ccccc12)NCC(O)c1cccc(Cl)c1. The van der Waals surface area contributed by atoms with Gasteiger partial charge in [-0.05, 0) is 35.7 Å². The van der Waals surface area contributed by atoms with Crippen LogP contribution in [0, 0.1) is 0 Å². The molecule has 0 aliphatic carbocycles. The van der Waals surface area contributed by atoms with Crippen molar-refractivity contribution in [3.8, 4) is 0 Å². The lowest BCUT2D eigenvalue weighted by Gasteiger charge is -2.19. The first kappa shape index (κ1) is 23.4. The normalized spacial score (nSPS) is 12.6. The van der Waals surface area contributed by atoms with Gasteiger partial charge in [-0.15, -0.1) is 0 Å². The number of aromatic nitrogens is 1. The third kappa shape index (κ3) is 6.85. The van der Waals surface area contributed by atoms with Crippen LogP contribution in [0.4, 0.5) is 0 Å². The molecule has 9 heteroatoms. The fraction of sp³-hybridized carbons (Fsp3) is 0.238. The number of aliphatic hydroxyl groups is 2. The summed E-state index contributed by atoms with van der Waals surface area (Å²) in [5.41, 5.74) is 3.00. The van der Waals surface area contributed by atoms with E-state index in [0.29, 0.717) is 18.0 Å². The minimum absolute atomic E-state index is 0.00176. The van der Waals surface area contributed by atoms with E-state index in [4.69, 9.17) is 31.4 Å². The van der Waals surface area contributed by atoms with Crippen LogP contribution in [0.1, 0.15) is 17.2 Å². The van der Waals surface area contributed by atoms with Crippen LogP contribution in [0.25, 0.3) is 10.9 Å². The summed E-state index contributed by atoms with van der Waals surface area (Å²) < 4.78 is 0. The van der Waals surface area contributed by atoms with Crippen LogP contribution in [0.3, 0.4) is 0 Å². The molecule has 1 unspecified atom stereocenters. The van der Waals surface area contributed by atoms with Gasteiger partial charge in [0.1, 0.15) is 0 Å². The molecule has 6 N–H and O–H groups in total. The predicted octanol–water partition coefficient (Wildman–Crippen LogP) is 2.20. The average molecular weight is 435 g/mol. The maximum absolute atomic E-state index is 10.3. The van der Waals surface area contributed by atoms with Crippen molar-refractivity contribution in [2.45, 2.75) is 18.6 Å². The van der Waals surface area contributed by atoms with E-state index in [1.165, 1.54) is 0 Å². The molecule has 0 fully saturated rings. The molecular weight excluding hydrogens is 412 g/mol. The predicted molar refractivity (Wildman–Crippen MR) is 113 cm³/mol. The zero-order valence-electron chi connectivity index (χ0n) is 16.0. The topological polar surface area (TPSA) is 143 Å². The number of fused-ring (bicyclic) bond motifs is 1. The lowest BCUT2D eigenvalue weighted by atomic mass is 10.0. The second kappa shape index (κ2) is 11.3. The number of rotatable bonds is 7. The molecule has 1 heterocycles. The molecule has 2 aromatic carbocycles. The molecule has 3 aromatic rings. The second-order valence-electron chi connectivity index (χ2n) is 6.53. The molecule has 1 aromatic heterocycles. The highest BCUT2D eigenvalue weighted by Crippen LogP contribution is 2.20. The summed E-state index contributed by atoms with van der Waals surface area (Å²) >= 11 is 5.95. The molecule has 0 saturated carbocycles. The number of aromatic amines is 1. The van der Waals surface area contributed by atoms with E-state index < -0.39 is 18.0 Å². The van der Waals surface area contributed by atoms with E-state index in [1.807, 2.05) is 36.5 Å². The van der Waals surface area contributed by atoms with Crippen LogP contribution in [0.15, 0.2) is 54.7 Å². The molecular formula is C21H23ClN2O6. The van der Waals surface area contributed by atoms with Gasteiger partial charge in [-0.2, -0.15) is 0 Å². The average Bonchev–Trinajstić information content (AvgIpc) is 3.14. The number of hydrogen-bond acceptors (Lipinski definition) is 5. The zero-order chi connectivity index (χ0) is 22.1. The highest BCUT2D eigenvalue weighted by atomic mass is 35.5. The van der Waals surface area contributed by atoms with Gasteiger partial charge in [-0.1, -0.05) is 41.9 Å². The number of carbonyl (C=O) groups is 2. The number of halogens is 1. The molecule has 2 atom stereocenters. The third-order valence-electron chi connectivity index (χ3n) is 4.38. The van der Waals surface area contributed by atoms with Crippen LogP contribution in [-0.4, -0.2) is 56.5 Å². The Morgan fingerprint density at radius 3 is 2.40 bits per heavy atom. The highest BCUT2D eigenvalue weighted by Gasteiger charge is 2.14. The number of aliphatic carboxylic acids is 2. The summed E-state index contributed by atoms with van der Waals surface area (Å²) in [5, 5.41) is 39.7. The van der Waals surface area contributed by atoms with Crippen LogP contribution in [0.5, 0.6) is 0 Å².